The molecule has 18 heavy (non-hydrogen) atoms. The Hall–Kier alpha value is -1.06. The molecule has 2 fully saturated rings. The highest BCUT2D eigenvalue weighted by Crippen LogP contribution is 2.28. The van der Waals surface area contributed by atoms with Gasteiger partial charge in [0.25, 0.3) is 0 Å². The van der Waals surface area contributed by atoms with Gasteiger partial charge < -0.3 is 10.4 Å². The summed E-state index contributed by atoms with van der Waals surface area (Å²) >= 11 is 0. The number of aryl methyl sites for hydroxylation is 1. The van der Waals surface area contributed by atoms with Crippen LogP contribution in [0.3, 0.4) is 0 Å². The van der Waals surface area contributed by atoms with Crippen molar-refractivity contribution in [3.8, 4) is 5.75 Å². The van der Waals surface area contributed by atoms with E-state index >= 15 is 0 Å². The molecule has 98 valence electrons. The van der Waals surface area contributed by atoms with E-state index in [0.29, 0.717) is 11.8 Å². The van der Waals surface area contributed by atoms with Crippen LogP contribution in [0.5, 0.6) is 5.75 Å². The van der Waals surface area contributed by atoms with Crippen LogP contribution in [0.25, 0.3) is 0 Å². The molecule has 2 N–H and O–H groups in total. The van der Waals surface area contributed by atoms with Gasteiger partial charge >= 0.3 is 0 Å². The standard InChI is InChI=1S/C15H22N2O/c1-11-4-2-5-12(15(11)18)10-16-13-7-9-17-8-3-6-14(13)17/h2,4-5,13-14,16,18H,3,6-10H2,1H3. The van der Waals surface area contributed by atoms with Gasteiger partial charge in [0, 0.05) is 30.7 Å². The topological polar surface area (TPSA) is 35.5 Å². The van der Waals surface area contributed by atoms with E-state index in [1.54, 1.807) is 0 Å². The maximum Gasteiger partial charge on any atom is 0.122 e. The quantitative estimate of drug-likeness (QED) is 0.856. The Bertz CT molecular complexity index is 433. The number of nitrogens with zero attached hydrogens (tertiary/aromatic N) is 1. The second-order valence-corrected chi connectivity index (χ2v) is 5.60. The lowest BCUT2D eigenvalue weighted by molar-refractivity contribution is 0.298. The Morgan fingerprint density at radius 2 is 2.22 bits per heavy atom. The van der Waals surface area contributed by atoms with Crippen LogP contribution in [0.2, 0.25) is 0 Å². The van der Waals surface area contributed by atoms with Crippen LogP contribution < -0.4 is 5.32 Å². The SMILES string of the molecule is Cc1cccc(CNC2CCN3CCCC23)c1O. The van der Waals surface area contributed by atoms with Crippen LogP contribution >= 0.6 is 0 Å². The van der Waals surface area contributed by atoms with E-state index in [1.807, 2.05) is 25.1 Å². The van der Waals surface area contributed by atoms with Crippen molar-refractivity contribution in [2.75, 3.05) is 13.1 Å². The number of phenolic OH excluding ortho intramolecular Hbond substituents is 1. The molecule has 3 nitrogen and oxygen atoms in total. The zero-order valence-corrected chi connectivity index (χ0v) is 11.0. The van der Waals surface area contributed by atoms with Crippen molar-refractivity contribution in [1.29, 1.82) is 0 Å². The third-order valence-electron chi connectivity index (χ3n) is 4.48. The Morgan fingerprint density at radius 1 is 1.33 bits per heavy atom. The second kappa shape index (κ2) is 4.90. The molecule has 2 heterocycles. The largest absolute Gasteiger partial charge is 0.507 e. The summed E-state index contributed by atoms with van der Waals surface area (Å²) in [6, 6.07) is 7.32. The first-order valence-electron chi connectivity index (χ1n) is 7.00. The van der Waals surface area contributed by atoms with Crippen LogP contribution in [-0.4, -0.2) is 35.2 Å². The van der Waals surface area contributed by atoms with Crippen LogP contribution in [0.15, 0.2) is 18.2 Å². The fraction of sp³-hybridized carbons (Fsp3) is 0.600. The number of nitrogens with one attached hydrogen (secondary N) is 1. The van der Waals surface area contributed by atoms with Crippen molar-refractivity contribution in [3.63, 3.8) is 0 Å². The number of para-hydroxylation sites is 1. The van der Waals surface area contributed by atoms with Crippen molar-refractivity contribution < 1.29 is 5.11 Å². The average molecular weight is 246 g/mol. The molecule has 1 aromatic carbocycles. The number of fused-ring (bicyclic) bond motifs is 1. The molecule has 1 aromatic rings. The molecule has 0 spiro atoms. The molecule has 2 unspecified atom stereocenters. The Labute approximate surface area is 109 Å². The lowest BCUT2D eigenvalue weighted by Gasteiger charge is -2.21. The fourth-order valence-electron chi connectivity index (χ4n) is 3.42. The molecule has 0 bridgehead atoms. The molecule has 2 aliphatic rings. The van der Waals surface area contributed by atoms with Gasteiger partial charge in [-0.15, -0.1) is 0 Å². The zero-order chi connectivity index (χ0) is 12.5. The molecule has 3 rings (SSSR count). The Balaban J connectivity index is 1.63. The molecule has 0 aromatic heterocycles. The lowest BCUT2D eigenvalue weighted by Crippen LogP contribution is -2.38. The van der Waals surface area contributed by atoms with Crippen molar-refractivity contribution in [2.24, 2.45) is 0 Å². The summed E-state index contributed by atoms with van der Waals surface area (Å²) in [5, 5.41) is 13.6. The lowest BCUT2D eigenvalue weighted by atomic mass is 10.1. The first-order valence-corrected chi connectivity index (χ1v) is 7.00. The predicted molar refractivity (Wildman–Crippen MR) is 72.7 cm³/mol. The number of hydrogen-bond acceptors (Lipinski definition) is 3. The van der Waals surface area contributed by atoms with Crippen LogP contribution in [0, 0.1) is 6.92 Å². The van der Waals surface area contributed by atoms with Crippen LogP contribution in [-0.2, 0) is 6.54 Å². The van der Waals surface area contributed by atoms with Gasteiger partial charge in [0.05, 0.1) is 0 Å². The first kappa shape index (κ1) is 12.0. The van der Waals surface area contributed by atoms with E-state index in [9.17, 15) is 5.11 Å². The minimum atomic E-state index is 0.450. The van der Waals surface area contributed by atoms with Gasteiger partial charge in [-0.1, -0.05) is 18.2 Å². The summed E-state index contributed by atoms with van der Waals surface area (Å²) in [5.74, 6) is 0.450. The second-order valence-electron chi connectivity index (χ2n) is 5.60. The minimum absolute atomic E-state index is 0.450. The van der Waals surface area contributed by atoms with Gasteiger partial charge in [-0.3, -0.25) is 4.90 Å². The summed E-state index contributed by atoms with van der Waals surface area (Å²) in [4.78, 5) is 2.60. The maximum absolute atomic E-state index is 10.0. The molecule has 0 amide bonds. The van der Waals surface area contributed by atoms with E-state index in [2.05, 4.69) is 10.2 Å². The number of benzene rings is 1. The van der Waals surface area contributed by atoms with Crippen molar-refractivity contribution in [3.05, 3.63) is 29.3 Å². The summed E-state index contributed by atoms with van der Waals surface area (Å²) in [7, 11) is 0. The van der Waals surface area contributed by atoms with Gasteiger partial charge in [-0.25, -0.2) is 0 Å². The summed E-state index contributed by atoms with van der Waals surface area (Å²) < 4.78 is 0. The van der Waals surface area contributed by atoms with E-state index < -0.39 is 0 Å². The molecule has 2 atom stereocenters. The molecular formula is C15H22N2O. The normalized spacial score (nSPS) is 27.6. The maximum atomic E-state index is 10.0. The van der Waals surface area contributed by atoms with Gasteiger partial charge in [0.15, 0.2) is 0 Å². The molecule has 2 saturated heterocycles. The van der Waals surface area contributed by atoms with E-state index in [0.717, 1.165) is 23.7 Å². The average Bonchev–Trinajstić information content (AvgIpc) is 2.94. The van der Waals surface area contributed by atoms with E-state index in [-0.39, 0.29) is 0 Å². The molecule has 2 aliphatic heterocycles. The molecular weight excluding hydrogens is 224 g/mol. The first-order chi connectivity index (χ1) is 8.75. The third-order valence-corrected chi connectivity index (χ3v) is 4.48. The number of rotatable bonds is 3. The van der Waals surface area contributed by atoms with E-state index in [4.69, 9.17) is 0 Å². The number of aromatic hydroxyl groups is 1. The molecule has 0 radical (unpaired) electrons. The smallest absolute Gasteiger partial charge is 0.122 e. The molecule has 0 saturated carbocycles. The van der Waals surface area contributed by atoms with Crippen LogP contribution in [0.1, 0.15) is 30.4 Å². The highest BCUT2D eigenvalue weighted by atomic mass is 16.3. The third kappa shape index (κ3) is 2.13. The van der Waals surface area contributed by atoms with Crippen molar-refractivity contribution in [1.82, 2.24) is 10.2 Å². The van der Waals surface area contributed by atoms with Crippen molar-refractivity contribution in [2.45, 2.75) is 44.8 Å². The Morgan fingerprint density at radius 3 is 3.11 bits per heavy atom. The number of hydrogen-bond donors (Lipinski definition) is 2. The summed E-state index contributed by atoms with van der Waals surface area (Å²) in [5.41, 5.74) is 1.98. The van der Waals surface area contributed by atoms with Gasteiger partial charge in [0.1, 0.15) is 5.75 Å². The fourth-order valence-corrected chi connectivity index (χ4v) is 3.42. The summed E-state index contributed by atoms with van der Waals surface area (Å²) in [6.07, 6.45) is 3.92. The molecule has 3 heteroatoms. The molecule has 0 aliphatic carbocycles. The van der Waals surface area contributed by atoms with E-state index in [1.165, 1.54) is 32.4 Å². The van der Waals surface area contributed by atoms with Crippen LogP contribution in [0.4, 0.5) is 0 Å². The Kier molecular flexibility index (Phi) is 3.27. The van der Waals surface area contributed by atoms with Gasteiger partial charge in [-0.05, 0) is 38.3 Å². The highest BCUT2D eigenvalue weighted by molar-refractivity contribution is 5.39. The summed E-state index contributed by atoms with van der Waals surface area (Å²) in [6.45, 7) is 5.25. The zero-order valence-electron chi connectivity index (χ0n) is 11.0. The van der Waals surface area contributed by atoms with Gasteiger partial charge in [0.2, 0.25) is 0 Å². The monoisotopic (exact) mass is 246 g/mol. The predicted octanol–water partition coefficient (Wildman–Crippen LogP) is 2.03. The number of phenols is 1. The van der Waals surface area contributed by atoms with Crippen molar-refractivity contribution >= 4 is 0 Å². The highest BCUT2D eigenvalue weighted by Gasteiger charge is 2.36. The minimum Gasteiger partial charge on any atom is -0.507 e. The van der Waals surface area contributed by atoms with Gasteiger partial charge in [-0.2, -0.15) is 0 Å².